The minimum atomic E-state index is -0.888. The molecule has 0 aliphatic carbocycles. The lowest BCUT2D eigenvalue weighted by Crippen LogP contribution is -2.45. The fraction of sp³-hybridized carbons (Fsp3) is 0.625. The van der Waals surface area contributed by atoms with Crippen LogP contribution in [0.3, 0.4) is 0 Å². The summed E-state index contributed by atoms with van der Waals surface area (Å²) in [6, 6.07) is -0.666. The molecule has 1 amide bonds. The van der Waals surface area contributed by atoms with Gasteiger partial charge in [-0.3, -0.25) is 4.79 Å². The summed E-state index contributed by atoms with van der Waals surface area (Å²) in [5.74, 6) is -0.102. The zero-order valence-electron chi connectivity index (χ0n) is 38.9. The zero-order chi connectivity index (χ0) is 43.5. The number of carbonyl (C=O) groups is 1. The third kappa shape index (κ3) is 45.9. The molecule has 0 bridgehead atoms. The van der Waals surface area contributed by atoms with Gasteiger partial charge >= 0.3 is 0 Å². The highest BCUT2D eigenvalue weighted by Crippen LogP contribution is 2.13. The van der Waals surface area contributed by atoms with Crippen molar-refractivity contribution in [1.29, 1.82) is 0 Å². The number of amides is 1. The van der Waals surface area contributed by atoms with Crippen LogP contribution >= 0.6 is 0 Å². The molecule has 60 heavy (non-hydrogen) atoms. The van der Waals surface area contributed by atoms with Gasteiger partial charge in [0.15, 0.2) is 0 Å². The topological polar surface area (TPSA) is 69.6 Å². The fourth-order valence-corrected chi connectivity index (χ4v) is 6.66. The van der Waals surface area contributed by atoms with Gasteiger partial charge in [-0.2, -0.15) is 0 Å². The lowest BCUT2D eigenvalue weighted by Gasteiger charge is -2.19. The molecule has 0 aliphatic heterocycles. The maximum Gasteiger partial charge on any atom is 0.220 e. The van der Waals surface area contributed by atoms with Gasteiger partial charge in [-0.05, 0) is 103 Å². The van der Waals surface area contributed by atoms with Crippen molar-refractivity contribution < 1.29 is 15.0 Å². The van der Waals surface area contributed by atoms with Crippen molar-refractivity contribution in [2.45, 2.75) is 219 Å². The quantitative estimate of drug-likeness (QED) is 0.0424. The molecular weight excluding hydrogens is 735 g/mol. The number of allylic oxidation sites excluding steroid dienone is 19. The predicted molar refractivity (Wildman–Crippen MR) is 266 cm³/mol. The standard InChI is InChI=1S/C56H93NO3/c1-3-5-7-9-11-13-15-17-19-21-23-25-26-27-28-29-30-32-34-36-38-40-42-44-46-48-50-52-56(60)57-54(53-58)55(59)51-49-47-45-43-41-39-37-35-33-31-24-22-20-18-16-14-12-10-8-6-4-2/h5,7,11,13,17,19,23,25,27-28,30,32-33,35-36,38,41,43,49,51,54-55,58-59H,3-4,6,8-10,12,14-16,18,20-22,24,26,29,31,34,37,39-40,42,44-48,50,52-53H2,1-2H3,(H,57,60)/b7-5-,13-11-,19-17-,25-23-,28-27-,32-30-,35-33+,38-36-,43-41+,51-49+. The van der Waals surface area contributed by atoms with Gasteiger partial charge in [-0.1, -0.05) is 219 Å². The van der Waals surface area contributed by atoms with Gasteiger partial charge < -0.3 is 15.5 Å². The molecule has 2 unspecified atom stereocenters. The molecule has 0 heterocycles. The first-order chi connectivity index (χ1) is 29.7. The van der Waals surface area contributed by atoms with Crippen LogP contribution in [0.25, 0.3) is 0 Å². The minimum absolute atomic E-state index is 0.102. The van der Waals surface area contributed by atoms with Crippen LogP contribution in [0.2, 0.25) is 0 Å². The number of nitrogens with one attached hydrogen (secondary N) is 1. The number of aliphatic hydroxyl groups excluding tert-OH is 2. The number of rotatable bonds is 43. The molecule has 0 aromatic carbocycles. The fourth-order valence-electron chi connectivity index (χ4n) is 6.66. The van der Waals surface area contributed by atoms with Crippen LogP contribution < -0.4 is 5.32 Å². The Morgan fingerprint density at radius 3 is 1.17 bits per heavy atom. The maximum absolute atomic E-state index is 12.4. The second kappa shape index (κ2) is 50.1. The van der Waals surface area contributed by atoms with Crippen LogP contribution in [-0.4, -0.2) is 34.9 Å². The van der Waals surface area contributed by atoms with Gasteiger partial charge in [0, 0.05) is 6.42 Å². The summed E-state index contributed by atoms with van der Waals surface area (Å²) < 4.78 is 0. The monoisotopic (exact) mass is 828 g/mol. The summed E-state index contributed by atoms with van der Waals surface area (Å²) in [7, 11) is 0. The number of hydrogen-bond acceptors (Lipinski definition) is 3. The molecule has 0 rings (SSSR count). The van der Waals surface area contributed by atoms with Gasteiger partial charge in [-0.15, -0.1) is 0 Å². The van der Waals surface area contributed by atoms with E-state index in [1.807, 2.05) is 6.08 Å². The van der Waals surface area contributed by atoms with Gasteiger partial charge in [0.05, 0.1) is 18.8 Å². The first kappa shape index (κ1) is 56.8. The second-order valence-corrected chi connectivity index (χ2v) is 16.1. The van der Waals surface area contributed by atoms with Crippen LogP contribution in [0.5, 0.6) is 0 Å². The molecule has 0 spiro atoms. The molecule has 3 N–H and O–H groups in total. The predicted octanol–water partition coefficient (Wildman–Crippen LogP) is 16.1. The molecule has 0 radical (unpaired) electrons. The van der Waals surface area contributed by atoms with Gasteiger partial charge in [0.2, 0.25) is 5.91 Å². The van der Waals surface area contributed by atoms with Crippen molar-refractivity contribution >= 4 is 5.91 Å². The van der Waals surface area contributed by atoms with Gasteiger partial charge in [0.1, 0.15) is 0 Å². The van der Waals surface area contributed by atoms with Gasteiger partial charge in [-0.25, -0.2) is 0 Å². The highest BCUT2D eigenvalue weighted by atomic mass is 16.3. The van der Waals surface area contributed by atoms with Crippen molar-refractivity contribution in [1.82, 2.24) is 5.32 Å². The van der Waals surface area contributed by atoms with Crippen LogP contribution in [-0.2, 0) is 4.79 Å². The smallest absolute Gasteiger partial charge is 0.220 e. The van der Waals surface area contributed by atoms with Crippen LogP contribution in [0.15, 0.2) is 122 Å². The first-order valence-corrected chi connectivity index (χ1v) is 24.7. The van der Waals surface area contributed by atoms with Crippen LogP contribution in [0.4, 0.5) is 0 Å². The van der Waals surface area contributed by atoms with E-state index in [1.54, 1.807) is 6.08 Å². The number of unbranched alkanes of at least 4 members (excludes halogenated alkanes) is 18. The summed E-state index contributed by atoms with van der Waals surface area (Å²) in [5.41, 5.74) is 0. The Kier molecular flexibility index (Phi) is 47.5. The third-order valence-electron chi connectivity index (χ3n) is 10.4. The average molecular weight is 828 g/mol. The normalized spacial score (nSPS) is 14.0. The van der Waals surface area contributed by atoms with Crippen molar-refractivity contribution in [2.24, 2.45) is 0 Å². The number of aliphatic hydroxyl groups is 2. The van der Waals surface area contributed by atoms with E-state index in [4.69, 9.17) is 0 Å². The Labute approximate surface area is 371 Å². The van der Waals surface area contributed by atoms with E-state index in [2.05, 4.69) is 129 Å². The SMILES string of the molecule is CC/C=C\C/C=C\C/C=C\C/C=C\C/C=C\C/C=C\C/C=C\CCCCCCCC(=O)NC(CO)C(O)/C=C/CC/C=C/CC/C=C/CCCCCCCCCCCCC. The molecular formula is C56H93NO3. The molecule has 0 aromatic rings. The highest BCUT2D eigenvalue weighted by molar-refractivity contribution is 5.76. The van der Waals surface area contributed by atoms with Crippen molar-refractivity contribution in [3.05, 3.63) is 122 Å². The van der Waals surface area contributed by atoms with E-state index < -0.39 is 12.1 Å². The summed E-state index contributed by atoms with van der Waals surface area (Å²) in [5, 5.41) is 23.0. The Bertz CT molecular complexity index is 1210. The van der Waals surface area contributed by atoms with Crippen molar-refractivity contribution in [3.8, 4) is 0 Å². The Balaban J connectivity index is 3.73. The molecule has 4 heteroatoms. The lowest BCUT2D eigenvalue weighted by molar-refractivity contribution is -0.123. The maximum atomic E-state index is 12.4. The highest BCUT2D eigenvalue weighted by Gasteiger charge is 2.17. The Morgan fingerprint density at radius 1 is 0.417 bits per heavy atom. The molecule has 2 atom stereocenters. The van der Waals surface area contributed by atoms with E-state index in [1.165, 1.54) is 89.9 Å². The molecule has 0 fully saturated rings. The number of carbonyl (C=O) groups excluding carboxylic acids is 1. The summed E-state index contributed by atoms with van der Waals surface area (Å²) in [4.78, 5) is 12.4. The Morgan fingerprint density at radius 2 is 0.750 bits per heavy atom. The minimum Gasteiger partial charge on any atom is -0.394 e. The number of hydrogen-bond donors (Lipinski definition) is 3. The summed E-state index contributed by atoms with van der Waals surface area (Å²) in [6.07, 6.45) is 77.5. The van der Waals surface area contributed by atoms with Crippen molar-refractivity contribution in [3.63, 3.8) is 0 Å². The van der Waals surface area contributed by atoms with E-state index in [-0.39, 0.29) is 12.5 Å². The molecule has 0 saturated carbocycles. The summed E-state index contributed by atoms with van der Waals surface area (Å²) >= 11 is 0. The second-order valence-electron chi connectivity index (χ2n) is 16.1. The first-order valence-electron chi connectivity index (χ1n) is 24.7. The summed E-state index contributed by atoms with van der Waals surface area (Å²) in [6.45, 7) is 4.16. The molecule has 0 saturated heterocycles. The molecule has 0 aliphatic rings. The van der Waals surface area contributed by atoms with Crippen LogP contribution in [0.1, 0.15) is 206 Å². The Hall–Kier alpha value is -3.21. The van der Waals surface area contributed by atoms with Crippen molar-refractivity contribution in [2.75, 3.05) is 6.61 Å². The molecule has 4 nitrogen and oxygen atoms in total. The van der Waals surface area contributed by atoms with E-state index in [9.17, 15) is 15.0 Å². The average Bonchev–Trinajstić information content (AvgIpc) is 3.25. The zero-order valence-corrected chi connectivity index (χ0v) is 38.9. The molecule has 0 aromatic heterocycles. The van der Waals surface area contributed by atoms with Crippen LogP contribution in [0, 0.1) is 0 Å². The largest absolute Gasteiger partial charge is 0.394 e. The lowest BCUT2D eigenvalue weighted by atomic mass is 10.1. The van der Waals surface area contributed by atoms with E-state index in [0.717, 1.165) is 96.3 Å². The third-order valence-corrected chi connectivity index (χ3v) is 10.4. The van der Waals surface area contributed by atoms with E-state index in [0.29, 0.717) is 6.42 Å². The molecule has 340 valence electrons. The van der Waals surface area contributed by atoms with Gasteiger partial charge in [0.25, 0.3) is 0 Å². The van der Waals surface area contributed by atoms with E-state index >= 15 is 0 Å².